The molecule has 1 aromatic carbocycles. The van der Waals surface area contributed by atoms with Crippen molar-refractivity contribution in [2.24, 2.45) is 0 Å². The molecule has 0 amide bonds. The van der Waals surface area contributed by atoms with Crippen LogP contribution in [0.5, 0.6) is 0 Å². The number of unbranched alkanes of at least 4 members (excludes halogenated alkanes) is 6. The first-order valence-corrected chi connectivity index (χ1v) is 17.7. The second-order valence-electron chi connectivity index (χ2n) is 10.2. The van der Waals surface area contributed by atoms with Crippen molar-refractivity contribution in [1.29, 1.82) is 0 Å². The van der Waals surface area contributed by atoms with E-state index in [0.717, 1.165) is 46.5 Å². The van der Waals surface area contributed by atoms with Crippen LogP contribution in [-0.4, -0.2) is 10.7 Å². The number of furan rings is 2. The van der Waals surface area contributed by atoms with Crippen molar-refractivity contribution in [1.82, 2.24) is 0 Å². The Labute approximate surface area is 251 Å². The molecule has 4 aromatic heterocycles. The van der Waals surface area contributed by atoms with Crippen molar-refractivity contribution >= 4 is 74.7 Å². The van der Waals surface area contributed by atoms with Gasteiger partial charge < -0.3 is 8.83 Å². The number of aryl methyl sites for hydroxylation is 4. The van der Waals surface area contributed by atoms with Crippen molar-refractivity contribution in [3.63, 3.8) is 0 Å². The van der Waals surface area contributed by atoms with E-state index in [-0.39, 0.29) is 0 Å². The number of hydrogen-bond donors (Lipinski definition) is 0. The molecule has 0 N–H and O–H groups in total. The van der Waals surface area contributed by atoms with Crippen molar-refractivity contribution in [2.75, 3.05) is 10.7 Å². The molecule has 4 heterocycles. The number of hydrogen-bond acceptors (Lipinski definition) is 4. The lowest BCUT2D eigenvalue weighted by atomic mass is 9.95. The third-order valence-electron chi connectivity index (χ3n) is 7.14. The monoisotopic (exact) mass is 674 g/mol. The zero-order valence-corrected chi connectivity index (χ0v) is 27.1. The summed E-state index contributed by atoms with van der Waals surface area (Å²) in [6.07, 6.45) is 11.8. The van der Waals surface area contributed by atoms with Gasteiger partial charge in [0, 0.05) is 55.2 Å². The minimum absolute atomic E-state index is 0.955. The third kappa shape index (κ3) is 6.35. The second-order valence-corrected chi connectivity index (χ2v) is 14.3. The van der Waals surface area contributed by atoms with Crippen molar-refractivity contribution in [3.05, 3.63) is 57.7 Å². The van der Waals surface area contributed by atoms with Crippen LogP contribution in [0.3, 0.4) is 0 Å². The molecular weight excluding hydrogens is 640 g/mol. The summed E-state index contributed by atoms with van der Waals surface area (Å²) in [5.41, 5.74) is 2.36. The van der Waals surface area contributed by atoms with Crippen LogP contribution in [0, 0.1) is 13.8 Å². The molecule has 0 unspecified atom stereocenters. The van der Waals surface area contributed by atoms with Crippen LogP contribution in [0.4, 0.5) is 0 Å². The van der Waals surface area contributed by atoms with E-state index >= 15 is 0 Å². The highest BCUT2D eigenvalue weighted by molar-refractivity contribution is 9.09. The zero-order valence-electron chi connectivity index (χ0n) is 22.3. The van der Waals surface area contributed by atoms with E-state index in [1.165, 1.54) is 92.4 Å². The van der Waals surface area contributed by atoms with E-state index in [1.54, 1.807) is 0 Å². The van der Waals surface area contributed by atoms with Gasteiger partial charge in [-0.1, -0.05) is 57.5 Å². The summed E-state index contributed by atoms with van der Waals surface area (Å²) < 4.78 is 15.9. The maximum Gasteiger partial charge on any atom is 0.135 e. The normalized spacial score (nSPS) is 11.9. The quantitative estimate of drug-likeness (QED) is 0.0864. The van der Waals surface area contributed by atoms with E-state index in [1.807, 2.05) is 22.7 Å². The Morgan fingerprint density at radius 1 is 0.579 bits per heavy atom. The fourth-order valence-corrected chi connectivity index (χ4v) is 8.29. The Morgan fingerprint density at radius 2 is 1.00 bits per heavy atom. The number of fused-ring (bicyclic) bond motifs is 3. The van der Waals surface area contributed by atoms with E-state index in [0.29, 0.717) is 0 Å². The van der Waals surface area contributed by atoms with Crippen LogP contribution in [0.25, 0.3) is 42.8 Å². The molecule has 6 heteroatoms. The topological polar surface area (TPSA) is 26.3 Å². The summed E-state index contributed by atoms with van der Waals surface area (Å²) in [5, 5.41) is 4.74. The molecule has 0 radical (unpaired) electrons. The molecule has 202 valence electrons. The first kappa shape index (κ1) is 28.2. The van der Waals surface area contributed by atoms with Gasteiger partial charge >= 0.3 is 0 Å². The molecule has 0 fully saturated rings. The van der Waals surface area contributed by atoms with Gasteiger partial charge in [-0.25, -0.2) is 0 Å². The van der Waals surface area contributed by atoms with E-state index in [4.69, 9.17) is 8.83 Å². The first-order chi connectivity index (χ1) is 18.6. The minimum atomic E-state index is 0.955. The van der Waals surface area contributed by atoms with Crippen LogP contribution in [-0.2, 0) is 12.8 Å². The van der Waals surface area contributed by atoms with Gasteiger partial charge in [0.25, 0.3) is 0 Å². The molecule has 0 saturated heterocycles. The highest BCUT2D eigenvalue weighted by atomic mass is 79.9. The minimum Gasteiger partial charge on any atom is -0.461 e. The molecule has 0 spiro atoms. The second kappa shape index (κ2) is 13.3. The molecule has 5 rings (SSSR count). The predicted molar refractivity (Wildman–Crippen MR) is 174 cm³/mol. The first-order valence-electron chi connectivity index (χ1n) is 13.9. The van der Waals surface area contributed by atoms with Crippen LogP contribution in [0.2, 0.25) is 0 Å². The van der Waals surface area contributed by atoms with Gasteiger partial charge in [0.2, 0.25) is 0 Å². The molecule has 0 saturated carbocycles. The van der Waals surface area contributed by atoms with E-state index in [2.05, 4.69) is 82.1 Å². The Morgan fingerprint density at radius 3 is 1.42 bits per heavy atom. The standard InChI is InChI=1S/C32H36Br2O2S2/c1-21-19-25-29(27-15-13-23(35-27)11-7-3-5-9-17-33)30(26-20-22(2)38-32(26)31(25)37-21)28-16-14-24(36-28)12-8-4-6-10-18-34/h13-16,19-20H,3-12,17-18H2,1-2H3. The molecule has 0 aliphatic carbocycles. The van der Waals surface area contributed by atoms with E-state index < -0.39 is 0 Å². The molecule has 38 heavy (non-hydrogen) atoms. The summed E-state index contributed by atoms with van der Waals surface area (Å²) in [5.74, 6) is 4.07. The van der Waals surface area contributed by atoms with Gasteiger partial charge in [-0.3, -0.25) is 0 Å². The lowest BCUT2D eigenvalue weighted by Crippen LogP contribution is -1.87. The van der Waals surface area contributed by atoms with Gasteiger partial charge in [-0.05, 0) is 75.9 Å². The van der Waals surface area contributed by atoms with Crippen molar-refractivity contribution in [2.45, 2.75) is 78.1 Å². The Kier molecular flexibility index (Phi) is 9.90. The van der Waals surface area contributed by atoms with Gasteiger partial charge in [-0.15, -0.1) is 22.7 Å². The predicted octanol–water partition coefficient (Wildman–Crippen LogP) is 12.2. The lowest BCUT2D eigenvalue weighted by molar-refractivity contribution is 0.502. The van der Waals surface area contributed by atoms with Crippen molar-refractivity contribution < 1.29 is 8.83 Å². The zero-order chi connectivity index (χ0) is 26.5. The van der Waals surface area contributed by atoms with Crippen molar-refractivity contribution in [3.8, 4) is 22.6 Å². The number of thiophene rings is 2. The molecule has 0 bridgehead atoms. The Hall–Kier alpha value is -1.34. The largest absolute Gasteiger partial charge is 0.461 e. The van der Waals surface area contributed by atoms with Gasteiger partial charge in [-0.2, -0.15) is 0 Å². The lowest BCUT2D eigenvalue weighted by Gasteiger charge is -2.10. The number of halogens is 2. The third-order valence-corrected chi connectivity index (χ3v) is 10.5. The average Bonchev–Trinajstić information content (AvgIpc) is 3.69. The molecule has 5 aromatic rings. The molecular formula is C32H36Br2O2S2. The fourth-order valence-electron chi connectivity index (χ4n) is 5.31. The fraction of sp³-hybridized carbons (Fsp3) is 0.438. The summed E-state index contributed by atoms with van der Waals surface area (Å²) in [7, 11) is 0. The summed E-state index contributed by atoms with van der Waals surface area (Å²) in [4.78, 5) is 2.65. The molecule has 0 aliphatic heterocycles. The van der Waals surface area contributed by atoms with Crippen LogP contribution >= 0.6 is 54.5 Å². The average molecular weight is 677 g/mol. The number of alkyl halides is 2. The molecule has 0 aliphatic rings. The Balaban J connectivity index is 1.54. The number of benzene rings is 1. The Bertz CT molecular complexity index is 1370. The van der Waals surface area contributed by atoms with Crippen LogP contribution in [0.1, 0.15) is 72.6 Å². The van der Waals surface area contributed by atoms with E-state index in [9.17, 15) is 0 Å². The summed E-state index contributed by atoms with van der Waals surface area (Å²) in [6, 6.07) is 13.4. The van der Waals surface area contributed by atoms with Gasteiger partial charge in [0.15, 0.2) is 0 Å². The highest BCUT2D eigenvalue weighted by Gasteiger charge is 2.24. The van der Waals surface area contributed by atoms with Gasteiger partial charge in [0.05, 0.1) is 9.40 Å². The molecule has 2 nitrogen and oxygen atoms in total. The maximum atomic E-state index is 6.57. The van der Waals surface area contributed by atoms with Gasteiger partial charge in [0.1, 0.15) is 23.0 Å². The van der Waals surface area contributed by atoms with Crippen LogP contribution < -0.4 is 0 Å². The highest BCUT2D eigenvalue weighted by Crippen LogP contribution is 2.50. The van der Waals surface area contributed by atoms with Crippen LogP contribution in [0.15, 0.2) is 45.2 Å². The summed E-state index contributed by atoms with van der Waals surface area (Å²) >= 11 is 10.9. The molecule has 0 atom stereocenters. The maximum absolute atomic E-state index is 6.57. The smallest absolute Gasteiger partial charge is 0.135 e. The number of rotatable bonds is 14. The SMILES string of the molecule is Cc1cc2c(-c3ccc(CCCCCCBr)o3)c(-c3ccc(CCCCCCBr)o3)c3cc(C)sc3c2s1. The summed E-state index contributed by atoms with van der Waals surface area (Å²) in [6.45, 7) is 4.42.